The third-order valence-corrected chi connectivity index (χ3v) is 5.63. The van der Waals surface area contributed by atoms with Crippen molar-refractivity contribution in [3.63, 3.8) is 0 Å². The minimum absolute atomic E-state index is 0.710. The monoisotopic (exact) mass is 280 g/mol. The molecule has 1 aliphatic heterocycles. The smallest absolute Gasteiger partial charge is 0.0278 e. The van der Waals surface area contributed by atoms with E-state index in [4.69, 9.17) is 0 Å². The van der Waals surface area contributed by atoms with E-state index in [9.17, 15) is 0 Å². The van der Waals surface area contributed by atoms with Crippen LogP contribution in [0.25, 0.3) is 0 Å². The molecule has 2 fully saturated rings. The van der Waals surface area contributed by atoms with Gasteiger partial charge in [0.2, 0.25) is 0 Å². The molecule has 0 aromatic heterocycles. The summed E-state index contributed by atoms with van der Waals surface area (Å²) in [6, 6.07) is 2.25. The van der Waals surface area contributed by atoms with E-state index >= 15 is 0 Å². The number of hydrogen-bond donors (Lipinski definition) is 1. The summed E-state index contributed by atoms with van der Waals surface area (Å²) in [5, 5.41) is 3.87. The van der Waals surface area contributed by atoms with Crippen molar-refractivity contribution >= 4 is 0 Å². The largest absolute Gasteiger partial charge is 0.312 e. The number of rotatable bonds is 4. The maximum absolute atomic E-state index is 3.87. The summed E-state index contributed by atoms with van der Waals surface area (Å²) in [5.41, 5.74) is 0. The molecular weight excluding hydrogens is 244 g/mol. The van der Waals surface area contributed by atoms with Gasteiger partial charge in [-0.2, -0.15) is 0 Å². The highest BCUT2D eigenvalue weighted by atomic mass is 15.2. The predicted molar refractivity (Wildman–Crippen MR) is 88.0 cm³/mol. The molecule has 1 saturated carbocycles. The molecule has 0 radical (unpaired) electrons. The van der Waals surface area contributed by atoms with Gasteiger partial charge in [0.25, 0.3) is 0 Å². The van der Waals surface area contributed by atoms with Crippen LogP contribution in [0.3, 0.4) is 0 Å². The molecule has 0 spiro atoms. The Bertz CT molecular complexity index is 291. The van der Waals surface area contributed by atoms with Crippen molar-refractivity contribution in [2.75, 3.05) is 13.1 Å². The number of likely N-dealkylation sites (tertiary alicyclic amines) is 1. The fourth-order valence-electron chi connectivity index (χ4n) is 4.67. The van der Waals surface area contributed by atoms with Gasteiger partial charge < -0.3 is 5.32 Å². The van der Waals surface area contributed by atoms with Crippen LogP contribution in [0.2, 0.25) is 0 Å². The highest BCUT2D eigenvalue weighted by Crippen LogP contribution is 2.36. The first-order valence-electron chi connectivity index (χ1n) is 9.02. The molecular formula is C18H36N2. The maximum atomic E-state index is 3.87. The van der Waals surface area contributed by atoms with Gasteiger partial charge >= 0.3 is 0 Å². The van der Waals surface area contributed by atoms with Crippen molar-refractivity contribution in [2.45, 2.75) is 84.8 Å². The second-order valence-corrected chi connectivity index (χ2v) is 7.83. The zero-order chi connectivity index (χ0) is 14.7. The Balaban J connectivity index is 2.10. The van der Waals surface area contributed by atoms with Gasteiger partial charge in [-0.15, -0.1) is 0 Å². The van der Waals surface area contributed by atoms with Crippen molar-refractivity contribution < 1.29 is 0 Å². The lowest BCUT2D eigenvalue weighted by molar-refractivity contribution is 0.00250. The highest BCUT2D eigenvalue weighted by molar-refractivity contribution is 4.97. The van der Waals surface area contributed by atoms with Crippen molar-refractivity contribution in [3.8, 4) is 0 Å². The summed E-state index contributed by atoms with van der Waals surface area (Å²) in [6.07, 6.45) is 6.83. The van der Waals surface area contributed by atoms with E-state index in [0.717, 1.165) is 29.8 Å². The summed E-state index contributed by atoms with van der Waals surface area (Å²) >= 11 is 0. The van der Waals surface area contributed by atoms with Crippen molar-refractivity contribution in [1.82, 2.24) is 10.2 Å². The summed E-state index contributed by atoms with van der Waals surface area (Å²) in [5.74, 6) is 2.60. The second kappa shape index (κ2) is 7.26. The van der Waals surface area contributed by atoms with Crippen LogP contribution in [0.5, 0.6) is 0 Å². The number of nitrogens with zero attached hydrogens (tertiary/aromatic N) is 1. The normalized spacial score (nSPS) is 43.6. The first-order chi connectivity index (χ1) is 9.52. The van der Waals surface area contributed by atoms with Crippen LogP contribution >= 0.6 is 0 Å². The van der Waals surface area contributed by atoms with Gasteiger partial charge in [0.15, 0.2) is 0 Å². The predicted octanol–water partition coefficient (Wildman–Crippen LogP) is 3.91. The molecule has 1 aliphatic carbocycles. The molecule has 20 heavy (non-hydrogen) atoms. The van der Waals surface area contributed by atoms with Gasteiger partial charge in [-0.1, -0.05) is 27.7 Å². The molecule has 0 aromatic rings. The third-order valence-electron chi connectivity index (χ3n) is 5.63. The Labute approximate surface area is 126 Å². The lowest BCUT2D eigenvalue weighted by Gasteiger charge is -2.51. The molecule has 2 rings (SSSR count). The number of piperidine rings is 1. The Hall–Kier alpha value is -0.0800. The summed E-state index contributed by atoms with van der Waals surface area (Å²) in [4.78, 5) is 2.86. The van der Waals surface area contributed by atoms with Crippen LogP contribution < -0.4 is 5.32 Å². The molecule has 6 unspecified atom stereocenters. The van der Waals surface area contributed by atoms with Gasteiger partial charge in [-0.3, -0.25) is 4.90 Å². The first-order valence-corrected chi connectivity index (χ1v) is 9.02. The molecule has 1 saturated heterocycles. The van der Waals surface area contributed by atoms with E-state index < -0.39 is 0 Å². The van der Waals surface area contributed by atoms with Gasteiger partial charge in [-0.05, 0) is 63.3 Å². The minimum Gasteiger partial charge on any atom is -0.312 e. The lowest BCUT2D eigenvalue weighted by atomic mass is 9.74. The van der Waals surface area contributed by atoms with Crippen LogP contribution in [0.15, 0.2) is 0 Å². The first kappa shape index (κ1) is 16.3. The SMILES string of the molecule is CCCNC1CC(C)CC(C)C1N1CC(C)CCC1C. The molecule has 2 aliphatic rings. The van der Waals surface area contributed by atoms with E-state index in [2.05, 4.69) is 44.8 Å². The van der Waals surface area contributed by atoms with E-state index in [0.29, 0.717) is 6.04 Å². The highest BCUT2D eigenvalue weighted by Gasteiger charge is 2.40. The van der Waals surface area contributed by atoms with Crippen LogP contribution in [0, 0.1) is 17.8 Å². The Morgan fingerprint density at radius 2 is 1.75 bits per heavy atom. The van der Waals surface area contributed by atoms with Crippen molar-refractivity contribution in [2.24, 2.45) is 17.8 Å². The van der Waals surface area contributed by atoms with E-state index in [1.54, 1.807) is 0 Å². The van der Waals surface area contributed by atoms with Crippen LogP contribution in [-0.2, 0) is 0 Å². The fraction of sp³-hybridized carbons (Fsp3) is 1.00. The molecule has 118 valence electrons. The van der Waals surface area contributed by atoms with Gasteiger partial charge in [-0.25, -0.2) is 0 Å². The van der Waals surface area contributed by atoms with Crippen LogP contribution in [-0.4, -0.2) is 36.1 Å². The molecule has 2 heteroatoms. The average molecular weight is 280 g/mol. The third kappa shape index (κ3) is 3.76. The van der Waals surface area contributed by atoms with Crippen molar-refractivity contribution in [3.05, 3.63) is 0 Å². The molecule has 0 amide bonds. The summed E-state index contributed by atoms with van der Waals surface area (Å²) in [7, 11) is 0. The molecule has 6 atom stereocenters. The lowest BCUT2D eigenvalue weighted by Crippen LogP contribution is -2.60. The summed E-state index contributed by atoms with van der Waals surface area (Å²) in [6.45, 7) is 14.6. The molecule has 1 heterocycles. The zero-order valence-electron chi connectivity index (χ0n) is 14.4. The second-order valence-electron chi connectivity index (χ2n) is 7.83. The molecule has 0 aromatic carbocycles. The molecule has 1 N–H and O–H groups in total. The quantitative estimate of drug-likeness (QED) is 0.840. The standard InChI is InChI=1S/C18H36N2/c1-6-9-19-17-11-14(3)10-15(4)18(17)20-12-13(2)7-8-16(20)5/h13-19H,6-12H2,1-5H3. The molecule has 0 bridgehead atoms. The van der Waals surface area contributed by atoms with Gasteiger partial charge in [0.05, 0.1) is 0 Å². The summed E-state index contributed by atoms with van der Waals surface area (Å²) < 4.78 is 0. The van der Waals surface area contributed by atoms with Crippen LogP contribution in [0.4, 0.5) is 0 Å². The number of hydrogen-bond acceptors (Lipinski definition) is 2. The fourth-order valence-corrected chi connectivity index (χ4v) is 4.67. The van der Waals surface area contributed by atoms with E-state index in [-0.39, 0.29) is 0 Å². The Morgan fingerprint density at radius 1 is 1.00 bits per heavy atom. The Kier molecular flexibility index (Phi) is 5.92. The minimum atomic E-state index is 0.710. The topological polar surface area (TPSA) is 15.3 Å². The van der Waals surface area contributed by atoms with Gasteiger partial charge in [0.1, 0.15) is 0 Å². The number of nitrogens with one attached hydrogen (secondary N) is 1. The Morgan fingerprint density at radius 3 is 2.45 bits per heavy atom. The van der Waals surface area contributed by atoms with Gasteiger partial charge in [0, 0.05) is 24.7 Å². The molecule has 2 nitrogen and oxygen atoms in total. The van der Waals surface area contributed by atoms with E-state index in [1.807, 2.05) is 0 Å². The average Bonchev–Trinajstić information content (AvgIpc) is 2.39. The maximum Gasteiger partial charge on any atom is 0.0278 e. The zero-order valence-corrected chi connectivity index (χ0v) is 14.4. The van der Waals surface area contributed by atoms with Crippen LogP contribution in [0.1, 0.15) is 66.7 Å². The van der Waals surface area contributed by atoms with E-state index in [1.165, 1.54) is 45.2 Å². The van der Waals surface area contributed by atoms with Crippen molar-refractivity contribution in [1.29, 1.82) is 0 Å².